The number of hydrogen-bond acceptors (Lipinski definition) is 5. The van der Waals surface area contributed by atoms with Crippen molar-refractivity contribution in [2.24, 2.45) is 5.14 Å². The number of hydrogen-bond donors (Lipinski definition) is 2. The third-order valence-corrected chi connectivity index (χ3v) is 5.45. The Kier molecular flexibility index (Phi) is 4.10. The van der Waals surface area contributed by atoms with Crippen molar-refractivity contribution in [1.82, 2.24) is 5.32 Å². The minimum atomic E-state index is -3.46. The fraction of sp³-hybridized carbons (Fsp3) is 1.00. The lowest BCUT2D eigenvalue weighted by Crippen LogP contribution is -2.34. The average Bonchev–Trinajstić information content (AvgIpc) is 2.37. The first kappa shape index (κ1) is 12.9. The molecule has 0 radical (unpaired) electrons. The summed E-state index contributed by atoms with van der Waals surface area (Å²) in [6, 6.07) is 0. The van der Waals surface area contributed by atoms with Gasteiger partial charge in [-0.15, -0.1) is 0 Å². The van der Waals surface area contributed by atoms with Gasteiger partial charge in [-0.1, -0.05) is 0 Å². The Morgan fingerprint density at radius 1 is 1.40 bits per heavy atom. The molecule has 0 bridgehead atoms. The highest BCUT2D eigenvalue weighted by molar-refractivity contribution is 7.92. The van der Waals surface area contributed by atoms with E-state index in [-0.39, 0.29) is 23.3 Å². The number of nitrogens with one attached hydrogen (secondary N) is 1. The van der Waals surface area contributed by atoms with Crippen LogP contribution < -0.4 is 10.5 Å². The molecule has 8 heteroatoms. The monoisotopic (exact) mass is 256 g/mol. The quantitative estimate of drug-likeness (QED) is 0.579. The second-order valence-electron chi connectivity index (χ2n) is 3.70. The van der Waals surface area contributed by atoms with Crippen molar-refractivity contribution < 1.29 is 16.8 Å². The van der Waals surface area contributed by atoms with Crippen LogP contribution in [0.25, 0.3) is 0 Å². The standard InChI is InChI=1S/C7H16N2O4S2/c8-15(12,13)5-3-9-6-7-2-1-4-14(7,10)11/h7,9H,1-6H2,(H2,8,12,13). The summed E-state index contributed by atoms with van der Waals surface area (Å²) in [6.45, 7) is 0.517. The Morgan fingerprint density at radius 2 is 2.07 bits per heavy atom. The molecule has 6 nitrogen and oxygen atoms in total. The van der Waals surface area contributed by atoms with Crippen molar-refractivity contribution in [2.75, 3.05) is 24.6 Å². The molecule has 0 aromatic heterocycles. The number of sulfonamides is 1. The largest absolute Gasteiger partial charge is 0.314 e. The third-order valence-electron chi connectivity index (χ3n) is 2.40. The molecule has 1 unspecified atom stereocenters. The summed E-state index contributed by atoms with van der Waals surface area (Å²) in [4.78, 5) is 0. The van der Waals surface area contributed by atoms with Crippen molar-refractivity contribution in [3.05, 3.63) is 0 Å². The van der Waals surface area contributed by atoms with Crippen LogP contribution in [0.15, 0.2) is 0 Å². The predicted octanol–water partition coefficient (Wildman–Crippen LogP) is -1.56. The number of primary sulfonamides is 1. The van der Waals surface area contributed by atoms with Crippen LogP contribution in [0.2, 0.25) is 0 Å². The van der Waals surface area contributed by atoms with Gasteiger partial charge in [0.1, 0.15) is 0 Å². The summed E-state index contributed by atoms with van der Waals surface area (Å²) >= 11 is 0. The molecule has 0 amide bonds. The zero-order valence-corrected chi connectivity index (χ0v) is 9.98. The average molecular weight is 256 g/mol. The molecule has 1 aliphatic rings. The fourth-order valence-corrected chi connectivity index (χ4v) is 3.79. The fourth-order valence-electron chi connectivity index (χ4n) is 1.56. The van der Waals surface area contributed by atoms with Gasteiger partial charge in [0.2, 0.25) is 10.0 Å². The van der Waals surface area contributed by atoms with E-state index < -0.39 is 19.9 Å². The molecular formula is C7H16N2O4S2. The Morgan fingerprint density at radius 3 is 2.53 bits per heavy atom. The maximum atomic E-state index is 11.4. The topological polar surface area (TPSA) is 106 Å². The van der Waals surface area contributed by atoms with Gasteiger partial charge in [-0.25, -0.2) is 22.0 Å². The van der Waals surface area contributed by atoms with E-state index in [4.69, 9.17) is 5.14 Å². The Bertz CT molecular complexity index is 401. The van der Waals surface area contributed by atoms with Crippen LogP contribution >= 0.6 is 0 Å². The summed E-state index contributed by atoms with van der Waals surface area (Å²) in [5, 5.41) is 7.24. The van der Waals surface area contributed by atoms with Gasteiger partial charge in [0.25, 0.3) is 0 Å². The van der Waals surface area contributed by atoms with Crippen LogP contribution in [-0.2, 0) is 19.9 Å². The molecule has 90 valence electrons. The zero-order chi connectivity index (χ0) is 11.5. The summed E-state index contributed by atoms with van der Waals surface area (Å²) in [5.41, 5.74) is 0. The highest BCUT2D eigenvalue weighted by Gasteiger charge is 2.30. The first-order valence-electron chi connectivity index (χ1n) is 4.74. The van der Waals surface area contributed by atoms with Gasteiger partial charge in [0, 0.05) is 13.1 Å². The highest BCUT2D eigenvalue weighted by Crippen LogP contribution is 2.18. The molecule has 1 heterocycles. The van der Waals surface area contributed by atoms with Gasteiger partial charge in [0.05, 0.1) is 16.8 Å². The van der Waals surface area contributed by atoms with Gasteiger partial charge >= 0.3 is 0 Å². The molecule has 0 aromatic rings. The molecule has 1 rings (SSSR count). The zero-order valence-electron chi connectivity index (χ0n) is 8.35. The molecule has 1 fully saturated rings. The van der Waals surface area contributed by atoms with Gasteiger partial charge in [-0.2, -0.15) is 0 Å². The van der Waals surface area contributed by atoms with Gasteiger partial charge in [0.15, 0.2) is 9.84 Å². The molecule has 1 aliphatic heterocycles. The van der Waals surface area contributed by atoms with Crippen LogP contribution in [0, 0.1) is 0 Å². The van der Waals surface area contributed by atoms with Crippen LogP contribution in [0.5, 0.6) is 0 Å². The lowest BCUT2D eigenvalue weighted by Gasteiger charge is -2.09. The third kappa shape index (κ3) is 4.45. The second kappa shape index (κ2) is 4.77. The van der Waals surface area contributed by atoms with E-state index in [1.54, 1.807) is 0 Å². The van der Waals surface area contributed by atoms with Crippen molar-refractivity contribution >= 4 is 19.9 Å². The molecule has 15 heavy (non-hydrogen) atoms. The molecule has 0 saturated carbocycles. The first-order chi connectivity index (χ1) is 6.81. The van der Waals surface area contributed by atoms with Gasteiger partial charge in [-0.05, 0) is 12.8 Å². The van der Waals surface area contributed by atoms with E-state index in [0.29, 0.717) is 19.4 Å². The van der Waals surface area contributed by atoms with Crippen molar-refractivity contribution in [1.29, 1.82) is 0 Å². The minimum Gasteiger partial charge on any atom is -0.314 e. The summed E-state index contributed by atoms with van der Waals surface area (Å²) in [7, 11) is -6.41. The van der Waals surface area contributed by atoms with E-state index >= 15 is 0 Å². The second-order valence-corrected chi connectivity index (χ2v) is 7.84. The van der Waals surface area contributed by atoms with E-state index in [2.05, 4.69) is 5.32 Å². The lowest BCUT2D eigenvalue weighted by molar-refractivity contribution is 0.574. The van der Waals surface area contributed by atoms with Crippen molar-refractivity contribution in [3.8, 4) is 0 Å². The van der Waals surface area contributed by atoms with Gasteiger partial charge < -0.3 is 5.32 Å². The summed E-state index contributed by atoms with van der Waals surface area (Å²) < 4.78 is 43.9. The molecule has 0 aromatic carbocycles. The van der Waals surface area contributed by atoms with Crippen LogP contribution in [0.4, 0.5) is 0 Å². The van der Waals surface area contributed by atoms with Crippen molar-refractivity contribution in [2.45, 2.75) is 18.1 Å². The smallest absolute Gasteiger partial charge is 0.210 e. The van der Waals surface area contributed by atoms with E-state index in [0.717, 1.165) is 0 Å². The maximum Gasteiger partial charge on any atom is 0.210 e. The number of rotatable bonds is 5. The SMILES string of the molecule is NS(=O)(=O)CCNCC1CCCS1(=O)=O. The lowest BCUT2D eigenvalue weighted by atomic mass is 10.2. The van der Waals surface area contributed by atoms with Gasteiger partial charge in [-0.3, -0.25) is 0 Å². The molecular weight excluding hydrogens is 240 g/mol. The number of nitrogens with two attached hydrogens (primary N) is 1. The van der Waals surface area contributed by atoms with E-state index in [1.807, 2.05) is 0 Å². The Labute approximate surface area is 90.2 Å². The maximum absolute atomic E-state index is 11.4. The van der Waals surface area contributed by atoms with E-state index in [9.17, 15) is 16.8 Å². The molecule has 1 atom stereocenters. The summed E-state index contributed by atoms with van der Waals surface area (Å²) in [5.74, 6) is 0.0777. The molecule has 0 aliphatic carbocycles. The van der Waals surface area contributed by atoms with Crippen LogP contribution in [0.1, 0.15) is 12.8 Å². The molecule has 0 spiro atoms. The van der Waals surface area contributed by atoms with Crippen LogP contribution in [-0.4, -0.2) is 46.7 Å². The molecule has 3 N–H and O–H groups in total. The summed E-state index contributed by atoms with van der Waals surface area (Å²) in [6.07, 6.45) is 1.36. The molecule has 1 saturated heterocycles. The normalized spacial score (nSPS) is 25.5. The van der Waals surface area contributed by atoms with Crippen LogP contribution in [0.3, 0.4) is 0 Å². The first-order valence-corrected chi connectivity index (χ1v) is 8.17. The van der Waals surface area contributed by atoms with E-state index in [1.165, 1.54) is 0 Å². The van der Waals surface area contributed by atoms with Crippen molar-refractivity contribution in [3.63, 3.8) is 0 Å². The minimum absolute atomic E-state index is 0.167. The number of sulfone groups is 1. The highest BCUT2D eigenvalue weighted by atomic mass is 32.2. The Balaban J connectivity index is 2.27. The Hall–Kier alpha value is -0.180. The predicted molar refractivity (Wildman–Crippen MR) is 57.7 cm³/mol.